The third-order valence-electron chi connectivity index (χ3n) is 5.08. The molecule has 0 fully saturated rings. The van der Waals surface area contributed by atoms with Crippen molar-refractivity contribution in [1.29, 1.82) is 0 Å². The van der Waals surface area contributed by atoms with E-state index in [4.69, 9.17) is 17.0 Å². The Hall–Kier alpha value is -2.61. The highest BCUT2D eigenvalue weighted by Crippen LogP contribution is 2.39. The molecule has 2 aromatic rings. The second-order valence-electron chi connectivity index (χ2n) is 7.32. The first-order valence-corrected chi connectivity index (χ1v) is 11.6. The summed E-state index contributed by atoms with van der Waals surface area (Å²) < 4.78 is 5.30. The number of rotatable bonds is 6. The van der Waals surface area contributed by atoms with Crippen LogP contribution in [0, 0.1) is 0 Å². The van der Waals surface area contributed by atoms with Gasteiger partial charge in [0.25, 0.3) is 0 Å². The fraction of sp³-hybridized carbons (Fsp3) is 0.250. The minimum absolute atomic E-state index is 0.317. The molecule has 0 bridgehead atoms. The van der Waals surface area contributed by atoms with Crippen LogP contribution in [-0.4, -0.2) is 35.6 Å². The van der Waals surface area contributed by atoms with Gasteiger partial charge in [0.15, 0.2) is 0 Å². The molecular weight excluding hydrogens is 426 g/mol. The molecule has 0 aromatic heterocycles. The molecule has 160 valence electrons. The van der Waals surface area contributed by atoms with Gasteiger partial charge in [0, 0.05) is 42.3 Å². The van der Waals surface area contributed by atoms with Crippen molar-refractivity contribution < 1.29 is 9.53 Å². The zero-order chi connectivity index (χ0) is 21.6. The van der Waals surface area contributed by atoms with E-state index in [1.54, 1.807) is 18.7 Å². The first-order chi connectivity index (χ1) is 15.1. The summed E-state index contributed by atoms with van der Waals surface area (Å²) >= 11 is 7.26. The third-order valence-corrected chi connectivity index (χ3v) is 6.75. The molecule has 2 aliphatic heterocycles. The summed E-state index contributed by atoms with van der Waals surface area (Å²) in [6.45, 7) is 4.77. The van der Waals surface area contributed by atoms with Gasteiger partial charge in [0.1, 0.15) is 10.7 Å². The van der Waals surface area contributed by atoms with Crippen LogP contribution in [0.3, 0.4) is 0 Å². The van der Waals surface area contributed by atoms with Crippen molar-refractivity contribution in [3.8, 4) is 0 Å². The number of nitrogens with one attached hydrogen (secondary N) is 2. The van der Waals surface area contributed by atoms with Crippen molar-refractivity contribution >= 4 is 40.6 Å². The highest BCUT2D eigenvalue weighted by Gasteiger charge is 2.31. The van der Waals surface area contributed by atoms with Crippen LogP contribution in [0.1, 0.15) is 18.9 Å². The lowest BCUT2D eigenvalue weighted by Gasteiger charge is -2.34. The maximum absolute atomic E-state index is 12.7. The average Bonchev–Trinajstić information content (AvgIpc) is 2.79. The molecule has 7 heteroatoms. The van der Waals surface area contributed by atoms with Gasteiger partial charge in [-0.25, -0.2) is 4.79 Å². The highest BCUT2D eigenvalue weighted by molar-refractivity contribution is 8.08. The Morgan fingerprint density at radius 1 is 1.16 bits per heavy atom. The number of anilines is 1. The van der Waals surface area contributed by atoms with Crippen molar-refractivity contribution in [2.45, 2.75) is 19.9 Å². The summed E-state index contributed by atoms with van der Waals surface area (Å²) in [4.78, 5) is 17.5. The number of hydrogen-bond donors (Lipinski definition) is 2. The number of ether oxygens (including phenoxy) is 1. The Morgan fingerprint density at radius 2 is 1.87 bits per heavy atom. The summed E-state index contributed by atoms with van der Waals surface area (Å²) in [7, 11) is 0. The van der Waals surface area contributed by atoms with Crippen molar-refractivity contribution in [2.24, 2.45) is 0 Å². The number of benzene rings is 2. The molecule has 31 heavy (non-hydrogen) atoms. The third kappa shape index (κ3) is 5.36. The van der Waals surface area contributed by atoms with E-state index in [1.807, 2.05) is 36.4 Å². The summed E-state index contributed by atoms with van der Waals surface area (Å²) in [6, 6.07) is 20.2. The zero-order valence-corrected chi connectivity index (χ0v) is 19.0. The van der Waals surface area contributed by atoms with E-state index in [2.05, 4.69) is 39.8 Å². The Labute approximate surface area is 192 Å². The SMILES string of the molecule is CCOC(=O)C1=C(C(=S)Nc2ccccc2)SC2=C(CCN(Cc3ccccc3)C2)N1. The van der Waals surface area contributed by atoms with E-state index < -0.39 is 0 Å². The molecule has 0 saturated heterocycles. The van der Waals surface area contributed by atoms with E-state index in [-0.39, 0.29) is 5.97 Å². The maximum Gasteiger partial charge on any atom is 0.356 e. The lowest BCUT2D eigenvalue weighted by molar-refractivity contribution is -0.138. The summed E-state index contributed by atoms with van der Waals surface area (Å²) in [5.74, 6) is -0.375. The Balaban J connectivity index is 1.53. The fourth-order valence-corrected chi connectivity index (χ4v) is 5.08. The van der Waals surface area contributed by atoms with Gasteiger partial charge in [-0.2, -0.15) is 0 Å². The van der Waals surface area contributed by atoms with Crippen molar-refractivity contribution in [3.63, 3.8) is 0 Å². The predicted octanol–water partition coefficient (Wildman–Crippen LogP) is 4.65. The monoisotopic (exact) mass is 451 g/mol. The van der Waals surface area contributed by atoms with Crippen molar-refractivity contribution in [3.05, 3.63) is 87.4 Å². The first kappa shape index (κ1) is 21.6. The Bertz CT molecular complexity index is 1020. The van der Waals surface area contributed by atoms with Crippen molar-refractivity contribution in [2.75, 3.05) is 25.0 Å². The number of esters is 1. The molecule has 5 nitrogen and oxygen atoms in total. The first-order valence-electron chi connectivity index (χ1n) is 10.3. The van der Waals surface area contributed by atoms with E-state index in [0.717, 1.165) is 37.4 Å². The van der Waals surface area contributed by atoms with Crippen LogP contribution in [0.15, 0.2) is 81.9 Å². The number of carbonyl (C=O) groups is 1. The van der Waals surface area contributed by atoms with Gasteiger partial charge in [0.2, 0.25) is 0 Å². The smallest absolute Gasteiger partial charge is 0.356 e. The topological polar surface area (TPSA) is 53.6 Å². The Kier molecular flexibility index (Phi) is 7.06. The van der Waals surface area contributed by atoms with Crippen LogP contribution in [0.5, 0.6) is 0 Å². The van der Waals surface area contributed by atoms with Gasteiger partial charge in [-0.1, -0.05) is 72.5 Å². The maximum atomic E-state index is 12.7. The molecule has 0 amide bonds. The predicted molar refractivity (Wildman–Crippen MR) is 130 cm³/mol. The molecule has 4 rings (SSSR count). The van der Waals surface area contributed by atoms with Gasteiger partial charge in [-0.05, 0) is 24.6 Å². The van der Waals surface area contributed by atoms with Crippen LogP contribution in [-0.2, 0) is 16.1 Å². The normalized spacial score (nSPS) is 16.4. The van der Waals surface area contributed by atoms with Crippen LogP contribution < -0.4 is 10.6 Å². The summed E-state index contributed by atoms with van der Waals surface area (Å²) in [6.07, 6.45) is 0.851. The standard InChI is InChI=1S/C24H25N3O2S2/c1-2-29-24(28)21-22(23(30)25-18-11-7-4-8-12-18)31-20-16-27(14-13-19(20)26-21)15-17-9-5-3-6-10-17/h3-12,26H,2,13-16H2,1H3,(H,25,30). The van der Waals surface area contributed by atoms with Crippen molar-refractivity contribution in [1.82, 2.24) is 10.2 Å². The van der Waals surface area contributed by atoms with Gasteiger partial charge < -0.3 is 15.4 Å². The van der Waals surface area contributed by atoms with E-state index >= 15 is 0 Å². The Morgan fingerprint density at radius 3 is 2.58 bits per heavy atom. The summed E-state index contributed by atoms with van der Waals surface area (Å²) in [5, 5.41) is 6.60. The molecule has 0 atom stereocenters. The minimum atomic E-state index is -0.375. The number of hydrogen-bond acceptors (Lipinski definition) is 6. The van der Waals surface area contributed by atoms with E-state index in [0.29, 0.717) is 22.2 Å². The minimum Gasteiger partial charge on any atom is -0.461 e. The number of nitrogens with zero attached hydrogens (tertiary/aromatic N) is 1. The number of carbonyl (C=O) groups excluding carboxylic acids is 1. The molecule has 2 aliphatic rings. The van der Waals surface area contributed by atoms with Gasteiger partial charge in [-0.3, -0.25) is 4.90 Å². The number of thioether (sulfide) groups is 1. The molecule has 2 heterocycles. The lowest BCUT2D eigenvalue weighted by atomic mass is 10.1. The zero-order valence-electron chi connectivity index (χ0n) is 17.4. The molecule has 2 aromatic carbocycles. The second kappa shape index (κ2) is 10.1. The van der Waals surface area contributed by atoms with Gasteiger partial charge >= 0.3 is 5.97 Å². The van der Waals surface area contributed by atoms with E-state index in [9.17, 15) is 4.79 Å². The summed E-state index contributed by atoms with van der Waals surface area (Å²) in [5.41, 5.74) is 3.70. The average molecular weight is 452 g/mol. The quantitative estimate of drug-likeness (QED) is 0.490. The molecule has 2 N–H and O–H groups in total. The van der Waals surface area contributed by atoms with Gasteiger partial charge in [-0.15, -0.1) is 0 Å². The molecule has 0 spiro atoms. The fourth-order valence-electron chi connectivity index (χ4n) is 3.59. The highest BCUT2D eigenvalue weighted by atomic mass is 32.2. The molecule has 0 saturated carbocycles. The van der Waals surface area contributed by atoms with Crippen LogP contribution >= 0.6 is 24.0 Å². The van der Waals surface area contributed by atoms with Crippen LogP contribution in [0.4, 0.5) is 5.69 Å². The molecular formula is C24H25N3O2S2. The molecule has 0 aliphatic carbocycles. The number of para-hydroxylation sites is 1. The molecule has 0 unspecified atom stereocenters. The van der Waals surface area contributed by atoms with Gasteiger partial charge in [0.05, 0.1) is 11.5 Å². The van der Waals surface area contributed by atoms with Crippen LogP contribution in [0.25, 0.3) is 0 Å². The lowest BCUT2D eigenvalue weighted by Crippen LogP contribution is -2.38. The van der Waals surface area contributed by atoms with E-state index in [1.165, 1.54) is 10.5 Å². The molecule has 0 radical (unpaired) electrons. The van der Waals surface area contributed by atoms with Crippen LogP contribution in [0.2, 0.25) is 0 Å². The second-order valence-corrected chi connectivity index (χ2v) is 8.83. The largest absolute Gasteiger partial charge is 0.461 e. The number of thiocarbonyl (C=S) groups is 1.